The lowest BCUT2D eigenvalue weighted by atomic mass is 10.2. The molecule has 1 rings (SSSR count). The smallest absolute Gasteiger partial charge is 0.119 e. The topological polar surface area (TPSA) is 21.3 Å². The van der Waals surface area contributed by atoms with Crippen molar-refractivity contribution >= 4 is 15.9 Å². The largest absolute Gasteiger partial charge is 0.497 e. The lowest BCUT2D eigenvalue weighted by Gasteiger charge is -2.13. The molecule has 0 saturated heterocycles. The third-order valence-electron chi connectivity index (χ3n) is 2.41. The molecule has 0 amide bonds. The van der Waals surface area contributed by atoms with Gasteiger partial charge in [0.25, 0.3) is 0 Å². The molecule has 0 aliphatic rings. The van der Waals surface area contributed by atoms with E-state index in [2.05, 4.69) is 34.7 Å². The van der Waals surface area contributed by atoms with Gasteiger partial charge >= 0.3 is 0 Å². The minimum atomic E-state index is 0.440. The summed E-state index contributed by atoms with van der Waals surface area (Å²) in [5.41, 5.74) is 1.20. The van der Waals surface area contributed by atoms with Gasteiger partial charge in [0.2, 0.25) is 0 Å². The SMILES string of the molecule is C=CCC(C)NCc1cc(OC)ccc1Br. The van der Waals surface area contributed by atoms with Crippen molar-refractivity contribution in [2.45, 2.75) is 25.9 Å². The highest BCUT2D eigenvalue weighted by atomic mass is 79.9. The van der Waals surface area contributed by atoms with E-state index in [4.69, 9.17) is 4.74 Å². The van der Waals surface area contributed by atoms with Gasteiger partial charge in [0.1, 0.15) is 5.75 Å². The van der Waals surface area contributed by atoms with Crippen molar-refractivity contribution in [1.82, 2.24) is 5.32 Å². The van der Waals surface area contributed by atoms with Gasteiger partial charge in [-0.3, -0.25) is 0 Å². The highest BCUT2D eigenvalue weighted by Crippen LogP contribution is 2.22. The summed E-state index contributed by atoms with van der Waals surface area (Å²) in [5.74, 6) is 0.886. The van der Waals surface area contributed by atoms with E-state index in [1.807, 2.05) is 24.3 Å². The van der Waals surface area contributed by atoms with Crippen molar-refractivity contribution in [3.05, 3.63) is 40.9 Å². The van der Waals surface area contributed by atoms with E-state index in [0.29, 0.717) is 6.04 Å². The van der Waals surface area contributed by atoms with Crippen LogP contribution in [0.1, 0.15) is 18.9 Å². The lowest BCUT2D eigenvalue weighted by molar-refractivity contribution is 0.413. The Hall–Kier alpha value is -0.800. The van der Waals surface area contributed by atoms with Crippen LogP contribution in [-0.2, 0) is 6.54 Å². The molecule has 0 fully saturated rings. The van der Waals surface area contributed by atoms with Gasteiger partial charge in [0.15, 0.2) is 0 Å². The van der Waals surface area contributed by atoms with Crippen LogP contribution >= 0.6 is 15.9 Å². The maximum Gasteiger partial charge on any atom is 0.119 e. The summed E-state index contributed by atoms with van der Waals surface area (Å²) in [6.07, 6.45) is 2.90. The number of nitrogens with one attached hydrogen (secondary N) is 1. The average molecular weight is 284 g/mol. The fourth-order valence-electron chi connectivity index (χ4n) is 1.43. The molecule has 0 aliphatic heterocycles. The van der Waals surface area contributed by atoms with E-state index < -0.39 is 0 Å². The molecule has 0 saturated carbocycles. The Labute approximate surface area is 106 Å². The molecule has 1 aromatic carbocycles. The van der Waals surface area contributed by atoms with Gasteiger partial charge in [-0.2, -0.15) is 0 Å². The first-order chi connectivity index (χ1) is 7.67. The quantitative estimate of drug-likeness (QED) is 0.807. The van der Waals surface area contributed by atoms with Gasteiger partial charge in [0, 0.05) is 17.1 Å². The fraction of sp³-hybridized carbons (Fsp3) is 0.385. The summed E-state index contributed by atoms with van der Waals surface area (Å²) in [5, 5.41) is 3.44. The molecule has 88 valence electrons. The number of hydrogen-bond donors (Lipinski definition) is 1. The monoisotopic (exact) mass is 283 g/mol. The Morgan fingerprint density at radius 3 is 2.94 bits per heavy atom. The number of rotatable bonds is 6. The van der Waals surface area contributed by atoms with Gasteiger partial charge in [-0.15, -0.1) is 6.58 Å². The number of ether oxygens (including phenoxy) is 1. The van der Waals surface area contributed by atoms with Crippen LogP contribution in [-0.4, -0.2) is 13.2 Å². The second-order valence-corrected chi connectivity index (χ2v) is 4.62. The van der Waals surface area contributed by atoms with Crippen LogP contribution in [0.5, 0.6) is 5.75 Å². The van der Waals surface area contributed by atoms with Crippen LogP contribution in [0.2, 0.25) is 0 Å². The van der Waals surface area contributed by atoms with Crippen LogP contribution in [0.4, 0.5) is 0 Å². The Morgan fingerprint density at radius 1 is 1.56 bits per heavy atom. The van der Waals surface area contributed by atoms with Gasteiger partial charge in [-0.1, -0.05) is 22.0 Å². The molecule has 0 aromatic heterocycles. The molecule has 1 unspecified atom stereocenters. The van der Waals surface area contributed by atoms with Gasteiger partial charge in [-0.25, -0.2) is 0 Å². The molecule has 1 atom stereocenters. The van der Waals surface area contributed by atoms with Crippen LogP contribution < -0.4 is 10.1 Å². The van der Waals surface area contributed by atoms with Crippen LogP contribution in [0.3, 0.4) is 0 Å². The van der Waals surface area contributed by atoms with Gasteiger partial charge in [0.05, 0.1) is 7.11 Å². The van der Waals surface area contributed by atoms with Crippen LogP contribution in [0.25, 0.3) is 0 Å². The summed E-state index contributed by atoms with van der Waals surface area (Å²) in [6.45, 7) is 6.71. The summed E-state index contributed by atoms with van der Waals surface area (Å²) >= 11 is 3.53. The zero-order chi connectivity index (χ0) is 12.0. The molecule has 2 nitrogen and oxygen atoms in total. The minimum absolute atomic E-state index is 0.440. The zero-order valence-electron chi connectivity index (χ0n) is 9.79. The lowest BCUT2D eigenvalue weighted by Crippen LogP contribution is -2.24. The minimum Gasteiger partial charge on any atom is -0.497 e. The van der Waals surface area contributed by atoms with Crippen molar-refractivity contribution in [2.75, 3.05) is 7.11 Å². The molecule has 0 spiro atoms. The first-order valence-corrected chi connectivity index (χ1v) is 6.13. The first-order valence-electron chi connectivity index (χ1n) is 5.34. The molecule has 1 aromatic rings. The second kappa shape index (κ2) is 6.71. The van der Waals surface area contributed by atoms with Crippen molar-refractivity contribution < 1.29 is 4.74 Å². The molecule has 3 heteroatoms. The first kappa shape index (κ1) is 13.3. The average Bonchev–Trinajstić information content (AvgIpc) is 2.28. The van der Waals surface area contributed by atoms with Crippen molar-refractivity contribution in [2.24, 2.45) is 0 Å². The van der Waals surface area contributed by atoms with Gasteiger partial charge in [-0.05, 0) is 37.1 Å². The maximum atomic E-state index is 5.20. The summed E-state index contributed by atoms with van der Waals surface area (Å²) in [6, 6.07) is 6.43. The molecule has 0 heterocycles. The van der Waals surface area contributed by atoms with Gasteiger partial charge < -0.3 is 10.1 Å². The standard InChI is InChI=1S/C13H18BrNO/c1-4-5-10(2)15-9-11-8-12(16-3)6-7-13(11)14/h4,6-8,10,15H,1,5,9H2,2-3H3. The molecule has 1 N–H and O–H groups in total. The third-order valence-corrected chi connectivity index (χ3v) is 3.19. The molecule has 0 radical (unpaired) electrons. The Kier molecular flexibility index (Phi) is 5.56. The van der Waals surface area contributed by atoms with Crippen LogP contribution in [0.15, 0.2) is 35.3 Å². The van der Waals surface area contributed by atoms with E-state index in [0.717, 1.165) is 23.2 Å². The van der Waals surface area contributed by atoms with Crippen molar-refractivity contribution in [3.8, 4) is 5.75 Å². The zero-order valence-corrected chi connectivity index (χ0v) is 11.4. The highest BCUT2D eigenvalue weighted by Gasteiger charge is 2.04. The van der Waals surface area contributed by atoms with Crippen molar-refractivity contribution in [1.29, 1.82) is 0 Å². The van der Waals surface area contributed by atoms with E-state index in [1.165, 1.54) is 5.56 Å². The summed E-state index contributed by atoms with van der Waals surface area (Å²) in [4.78, 5) is 0. The van der Waals surface area contributed by atoms with Crippen LogP contribution in [0, 0.1) is 0 Å². The molecular formula is C13H18BrNO. The Balaban J connectivity index is 2.61. The maximum absolute atomic E-state index is 5.20. The summed E-state index contributed by atoms with van der Waals surface area (Å²) < 4.78 is 6.30. The van der Waals surface area contributed by atoms with E-state index in [-0.39, 0.29) is 0 Å². The molecule has 0 aliphatic carbocycles. The van der Waals surface area contributed by atoms with E-state index in [9.17, 15) is 0 Å². The molecule has 16 heavy (non-hydrogen) atoms. The number of halogens is 1. The second-order valence-electron chi connectivity index (χ2n) is 3.76. The predicted molar refractivity (Wildman–Crippen MR) is 71.8 cm³/mol. The molecule has 0 bridgehead atoms. The number of benzene rings is 1. The summed E-state index contributed by atoms with van der Waals surface area (Å²) in [7, 11) is 1.68. The third kappa shape index (κ3) is 3.99. The highest BCUT2D eigenvalue weighted by molar-refractivity contribution is 9.10. The van der Waals surface area contributed by atoms with E-state index in [1.54, 1.807) is 7.11 Å². The van der Waals surface area contributed by atoms with E-state index >= 15 is 0 Å². The number of hydrogen-bond acceptors (Lipinski definition) is 2. The van der Waals surface area contributed by atoms with Crippen molar-refractivity contribution in [3.63, 3.8) is 0 Å². The fourth-order valence-corrected chi connectivity index (χ4v) is 1.82. The molecular weight excluding hydrogens is 266 g/mol. The predicted octanol–water partition coefficient (Wildman–Crippen LogP) is 3.51. The Bertz CT molecular complexity index is 352. The number of methoxy groups -OCH3 is 1. The normalized spacial score (nSPS) is 12.2. The Morgan fingerprint density at radius 2 is 2.31 bits per heavy atom.